The normalized spacial score (nSPS) is 10.5. The van der Waals surface area contributed by atoms with Gasteiger partial charge in [-0.2, -0.15) is 0 Å². The van der Waals surface area contributed by atoms with Crippen LogP contribution in [-0.2, 0) is 0 Å². The first kappa shape index (κ1) is 11.4. The van der Waals surface area contributed by atoms with Gasteiger partial charge in [0, 0.05) is 17.1 Å². The van der Waals surface area contributed by atoms with Crippen molar-refractivity contribution in [3.63, 3.8) is 0 Å². The van der Waals surface area contributed by atoms with Gasteiger partial charge in [-0.05, 0) is 23.3 Å². The predicted octanol–water partition coefficient (Wildman–Crippen LogP) is 2.27. The molecule has 0 saturated carbocycles. The second kappa shape index (κ2) is 4.53. The van der Waals surface area contributed by atoms with Crippen LogP contribution in [0.2, 0.25) is 0 Å². The molecule has 2 aromatic carbocycles. The molecule has 3 heteroatoms. The van der Waals surface area contributed by atoms with Gasteiger partial charge in [-0.3, -0.25) is 4.98 Å². The lowest BCUT2D eigenvalue weighted by Crippen LogP contribution is -2.22. The Bertz CT molecular complexity index is 760. The average Bonchev–Trinajstić information content (AvgIpc) is 2.47. The van der Waals surface area contributed by atoms with Gasteiger partial charge in [-0.1, -0.05) is 42.5 Å². The van der Waals surface area contributed by atoms with Crippen molar-refractivity contribution in [2.24, 2.45) is 0 Å². The third-order valence-corrected chi connectivity index (χ3v) is 3.04. The van der Waals surface area contributed by atoms with Crippen molar-refractivity contribution in [2.45, 2.75) is 0 Å². The molecule has 0 N–H and O–H groups in total. The molecule has 1 heterocycles. The summed E-state index contributed by atoms with van der Waals surface area (Å²) >= 11 is 0. The molecule has 3 rings (SSSR count). The minimum absolute atomic E-state index is 0.172. The van der Waals surface area contributed by atoms with Crippen LogP contribution in [0.15, 0.2) is 60.8 Å². The summed E-state index contributed by atoms with van der Waals surface area (Å²) in [7, 11) is 0. The molecule has 3 nitrogen and oxygen atoms in total. The Hall–Kier alpha value is -2.68. The standard InChI is InChI=1S/C16H11NO2/c18-16(19)13-6-1-5-12(10-13)14-8-2-4-11-7-3-9-17-15(11)14/h1-10H,(H,18,19)/p-1. The number of carboxylic acids is 1. The molecule has 0 aliphatic carbocycles. The fraction of sp³-hybridized carbons (Fsp3) is 0. The Kier molecular flexibility index (Phi) is 2.72. The minimum atomic E-state index is -1.17. The number of fused-ring (bicyclic) bond motifs is 1. The molecule has 0 atom stereocenters. The fourth-order valence-electron chi connectivity index (χ4n) is 2.15. The largest absolute Gasteiger partial charge is 0.545 e. The van der Waals surface area contributed by atoms with E-state index in [-0.39, 0.29) is 5.56 Å². The van der Waals surface area contributed by atoms with Crippen molar-refractivity contribution in [3.8, 4) is 11.1 Å². The number of para-hydroxylation sites is 1. The van der Waals surface area contributed by atoms with E-state index < -0.39 is 5.97 Å². The first-order valence-corrected chi connectivity index (χ1v) is 5.91. The lowest BCUT2D eigenvalue weighted by atomic mass is 10.0. The minimum Gasteiger partial charge on any atom is -0.545 e. The molecule has 0 aliphatic rings. The van der Waals surface area contributed by atoms with Crippen LogP contribution in [-0.4, -0.2) is 11.0 Å². The maximum atomic E-state index is 10.9. The molecule has 0 bridgehead atoms. The number of carboxylic acid groups (broad SMARTS) is 1. The van der Waals surface area contributed by atoms with Gasteiger partial charge >= 0.3 is 0 Å². The molecular weight excluding hydrogens is 238 g/mol. The average molecular weight is 248 g/mol. The van der Waals surface area contributed by atoms with E-state index in [1.807, 2.05) is 36.4 Å². The third kappa shape index (κ3) is 2.06. The number of aromatic carboxylic acids is 1. The van der Waals surface area contributed by atoms with Gasteiger partial charge in [0.2, 0.25) is 0 Å². The van der Waals surface area contributed by atoms with E-state index in [1.165, 1.54) is 6.07 Å². The molecule has 0 aliphatic heterocycles. The Morgan fingerprint density at radius 2 is 1.79 bits per heavy atom. The summed E-state index contributed by atoms with van der Waals surface area (Å²) in [6, 6.07) is 16.4. The number of aromatic nitrogens is 1. The first-order chi connectivity index (χ1) is 9.25. The summed E-state index contributed by atoms with van der Waals surface area (Å²) in [6.07, 6.45) is 1.73. The third-order valence-electron chi connectivity index (χ3n) is 3.04. The summed E-state index contributed by atoms with van der Waals surface area (Å²) in [5, 5.41) is 11.9. The maximum absolute atomic E-state index is 10.9. The van der Waals surface area contributed by atoms with E-state index in [2.05, 4.69) is 4.98 Å². The monoisotopic (exact) mass is 248 g/mol. The summed E-state index contributed by atoms with van der Waals surface area (Å²) < 4.78 is 0. The molecular formula is C16H10NO2-. The summed E-state index contributed by atoms with van der Waals surface area (Å²) in [6.45, 7) is 0. The zero-order chi connectivity index (χ0) is 13.2. The predicted molar refractivity (Wildman–Crippen MR) is 71.5 cm³/mol. The van der Waals surface area contributed by atoms with Gasteiger partial charge in [0.1, 0.15) is 0 Å². The van der Waals surface area contributed by atoms with Crippen molar-refractivity contribution >= 4 is 16.9 Å². The van der Waals surface area contributed by atoms with Crippen molar-refractivity contribution in [1.29, 1.82) is 0 Å². The van der Waals surface area contributed by atoms with E-state index >= 15 is 0 Å². The van der Waals surface area contributed by atoms with E-state index in [0.29, 0.717) is 0 Å². The van der Waals surface area contributed by atoms with Crippen molar-refractivity contribution in [3.05, 3.63) is 66.4 Å². The molecule has 92 valence electrons. The van der Waals surface area contributed by atoms with Crippen LogP contribution in [0.1, 0.15) is 10.4 Å². The molecule has 1 aromatic heterocycles. The molecule has 0 saturated heterocycles. The molecule has 0 unspecified atom stereocenters. The van der Waals surface area contributed by atoms with E-state index in [9.17, 15) is 9.90 Å². The van der Waals surface area contributed by atoms with Crippen LogP contribution >= 0.6 is 0 Å². The quantitative estimate of drug-likeness (QED) is 0.699. The van der Waals surface area contributed by atoms with Crippen LogP contribution in [0, 0.1) is 0 Å². The van der Waals surface area contributed by atoms with Crippen LogP contribution in [0.3, 0.4) is 0 Å². The smallest absolute Gasteiger partial charge is 0.0780 e. The topological polar surface area (TPSA) is 53.0 Å². The van der Waals surface area contributed by atoms with Crippen LogP contribution in [0.25, 0.3) is 22.0 Å². The summed E-state index contributed by atoms with van der Waals surface area (Å²) in [5.74, 6) is -1.17. The number of carbonyl (C=O) groups excluding carboxylic acids is 1. The second-order valence-electron chi connectivity index (χ2n) is 4.25. The highest BCUT2D eigenvalue weighted by Gasteiger charge is 2.05. The van der Waals surface area contributed by atoms with Crippen molar-refractivity contribution in [2.75, 3.05) is 0 Å². The Labute approximate surface area is 110 Å². The number of pyridine rings is 1. The maximum Gasteiger partial charge on any atom is 0.0780 e. The van der Waals surface area contributed by atoms with Gasteiger partial charge in [0.15, 0.2) is 0 Å². The number of hydrogen-bond donors (Lipinski definition) is 0. The number of benzene rings is 2. The molecule has 0 amide bonds. The first-order valence-electron chi connectivity index (χ1n) is 5.91. The van der Waals surface area contributed by atoms with Gasteiger partial charge in [-0.15, -0.1) is 0 Å². The number of hydrogen-bond acceptors (Lipinski definition) is 3. The Morgan fingerprint density at radius 3 is 2.63 bits per heavy atom. The number of nitrogens with zero attached hydrogens (tertiary/aromatic N) is 1. The molecule has 3 aromatic rings. The summed E-state index contributed by atoms with van der Waals surface area (Å²) in [5.41, 5.74) is 2.78. The highest BCUT2D eigenvalue weighted by molar-refractivity contribution is 5.95. The zero-order valence-corrected chi connectivity index (χ0v) is 10.0. The van der Waals surface area contributed by atoms with Crippen LogP contribution < -0.4 is 5.11 Å². The lowest BCUT2D eigenvalue weighted by Gasteiger charge is -2.08. The number of carbonyl (C=O) groups is 1. The van der Waals surface area contributed by atoms with Crippen molar-refractivity contribution in [1.82, 2.24) is 4.98 Å². The molecule has 0 spiro atoms. The highest BCUT2D eigenvalue weighted by atomic mass is 16.4. The zero-order valence-electron chi connectivity index (χ0n) is 10.0. The molecule has 0 radical (unpaired) electrons. The van der Waals surface area contributed by atoms with Gasteiger partial charge in [0.25, 0.3) is 0 Å². The van der Waals surface area contributed by atoms with E-state index in [4.69, 9.17) is 0 Å². The number of rotatable bonds is 2. The fourth-order valence-corrected chi connectivity index (χ4v) is 2.15. The lowest BCUT2D eigenvalue weighted by molar-refractivity contribution is -0.255. The second-order valence-corrected chi connectivity index (χ2v) is 4.25. The highest BCUT2D eigenvalue weighted by Crippen LogP contribution is 2.27. The summed E-state index contributed by atoms with van der Waals surface area (Å²) in [4.78, 5) is 15.3. The van der Waals surface area contributed by atoms with Gasteiger partial charge in [0.05, 0.1) is 11.5 Å². The van der Waals surface area contributed by atoms with Crippen LogP contribution in [0.5, 0.6) is 0 Å². The van der Waals surface area contributed by atoms with Gasteiger partial charge < -0.3 is 9.90 Å². The molecule has 19 heavy (non-hydrogen) atoms. The van der Waals surface area contributed by atoms with E-state index in [1.54, 1.807) is 18.3 Å². The SMILES string of the molecule is O=C([O-])c1cccc(-c2cccc3cccnc23)c1. The molecule has 0 fully saturated rings. The van der Waals surface area contributed by atoms with E-state index in [0.717, 1.165) is 22.0 Å². The van der Waals surface area contributed by atoms with Gasteiger partial charge in [-0.25, -0.2) is 0 Å². The Morgan fingerprint density at radius 1 is 1.00 bits per heavy atom. The van der Waals surface area contributed by atoms with Crippen molar-refractivity contribution < 1.29 is 9.90 Å². The van der Waals surface area contributed by atoms with Crippen LogP contribution in [0.4, 0.5) is 0 Å². The Balaban J connectivity index is 2.24.